The summed E-state index contributed by atoms with van der Waals surface area (Å²) in [6.07, 6.45) is 4.91. The van der Waals surface area contributed by atoms with Crippen molar-refractivity contribution < 1.29 is 51.4 Å². The monoisotopic (exact) mass is 123 g/mol. The van der Waals surface area contributed by atoms with Gasteiger partial charge in [0.05, 0.1) is 0 Å². The Balaban J connectivity index is 0.000000360. The van der Waals surface area contributed by atoms with Crippen LogP contribution in [0.5, 0.6) is 0 Å². The number of hydrogen-bond acceptors (Lipinski definition) is 0. The molecule has 0 amide bonds. The van der Waals surface area contributed by atoms with Gasteiger partial charge in [0.25, 0.3) is 0 Å². The van der Waals surface area contributed by atoms with Gasteiger partial charge in [-0.2, -0.15) is 0 Å². The molecule has 1 N–H and O–H groups in total. The van der Waals surface area contributed by atoms with Gasteiger partial charge in [0.1, 0.15) is 0 Å². The van der Waals surface area contributed by atoms with Crippen LogP contribution in [0.2, 0.25) is 0 Å². The van der Waals surface area contributed by atoms with Crippen molar-refractivity contribution in [2.75, 3.05) is 0 Å². The maximum Gasteiger partial charge on any atom is 1.00 e. The van der Waals surface area contributed by atoms with Crippen LogP contribution in [0, 0.1) is 0 Å². The maximum absolute atomic E-state index is 7.13. The second kappa shape index (κ2) is 4.47. The summed E-state index contributed by atoms with van der Waals surface area (Å²) in [7, 11) is 0. The first-order valence-corrected chi connectivity index (χ1v) is 2.61. The van der Waals surface area contributed by atoms with Gasteiger partial charge in [-0.1, -0.05) is 25.7 Å². The standard InChI is InChI=1S/C5H10N.K/c6-5-3-1-2-4-5;/h5-6H,1-4H2;/q-1;+1. The van der Waals surface area contributed by atoms with Gasteiger partial charge in [-0.3, -0.25) is 0 Å². The molecule has 0 spiro atoms. The molecule has 0 bridgehead atoms. The summed E-state index contributed by atoms with van der Waals surface area (Å²) >= 11 is 0. The van der Waals surface area contributed by atoms with E-state index >= 15 is 0 Å². The Morgan fingerprint density at radius 2 is 1.57 bits per heavy atom. The van der Waals surface area contributed by atoms with Crippen molar-refractivity contribution in [3.05, 3.63) is 5.73 Å². The summed E-state index contributed by atoms with van der Waals surface area (Å²) in [5.74, 6) is 0. The van der Waals surface area contributed by atoms with E-state index in [1.807, 2.05) is 0 Å². The third-order valence-corrected chi connectivity index (χ3v) is 1.36. The average molecular weight is 123 g/mol. The largest absolute Gasteiger partial charge is 1.00 e. The zero-order chi connectivity index (χ0) is 4.41. The molecule has 36 valence electrons. The van der Waals surface area contributed by atoms with Crippen molar-refractivity contribution in [2.45, 2.75) is 31.7 Å². The van der Waals surface area contributed by atoms with Crippen LogP contribution in [-0.2, 0) is 0 Å². The van der Waals surface area contributed by atoms with Crippen LogP contribution in [-0.4, -0.2) is 6.04 Å². The van der Waals surface area contributed by atoms with Crippen LogP contribution >= 0.6 is 0 Å². The molecule has 1 saturated carbocycles. The Kier molecular flexibility index (Phi) is 5.49. The van der Waals surface area contributed by atoms with Gasteiger partial charge in [-0.25, -0.2) is 0 Å². The Labute approximate surface area is 87.5 Å². The van der Waals surface area contributed by atoms with E-state index in [2.05, 4.69) is 0 Å². The average Bonchev–Trinajstić information content (AvgIpc) is 1.86. The molecule has 1 aliphatic carbocycles. The Hall–Kier alpha value is 1.60. The van der Waals surface area contributed by atoms with Crippen LogP contribution in [0.25, 0.3) is 5.73 Å². The summed E-state index contributed by atoms with van der Waals surface area (Å²) < 4.78 is 0. The Bertz CT molecular complexity index is 41.3. The Morgan fingerprint density at radius 3 is 1.71 bits per heavy atom. The van der Waals surface area contributed by atoms with E-state index in [1.54, 1.807) is 0 Å². The van der Waals surface area contributed by atoms with Gasteiger partial charge in [0.2, 0.25) is 0 Å². The zero-order valence-corrected chi connectivity index (χ0v) is 8.03. The second-order valence-electron chi connectivity index (χ2n) is 1.98. The predicted octanol–water partition coefficient (Wildman–Crippen LogP) is -1.01. The molecule has 0 saturated heterocycles. The fraction of sp³-hybridized carbons (Fsp3) is 1.00. The quantitative estimate of drug-likeness (QED) is 0.368. The molecule has 1 fully saturated rings. The van der Waals surface area contributed by atoms with Crippen molar-refractivity contribution in [1.82, 2.24) is 0 Å². The Morgan fingerprint density at radius 1 is 1.14 bits per heavy atom. The molecule has 0 atom stereocenters. The smallest absolute Gasteiger partial charge is 0.675 e. The first kappa shape index (κ1) is 8.60. The number of nitrogens with one attached hydrogen (secondary N) is 1. The molecule has 1 rings (SSSR count). The van der Waals surface area contributed by atoms with Gasteiger partial charge in [0.15, 0.2) is 0 Å². The summed E-state index contributed by atoms with van der Waals surface area (Å²) in [5.41, 5.74) is 7.13. The van der Waals surface area contributed by atoms with Crippen molar-refractivity contribution >= 4 is 0 Å². The van der Waals surface area contributed by atoms with Gasteiger partial charge in [-0.05, 0) is 0 Å². The molecule has 1 aliphatic rings. The van der Waals surface area contributed by atoms with Crippen LogP contribution in [0.4, 0.5) is 0 Å². The molecule has 0 heterocycles. The van der Waals surface area contributed by atoms with Crippen LogP contribution in [0.3, 0.4) is 0 Å². The molecule has 0 aromatic rings. The minimum Gasteiger partial charge on any atom is -0.675 e. The SMILES string of the molecule is [K+].[NH-]C1CCCC1. The molecule has 0 radical (unpaired) electrons. The zero-order valence-electron chi connectivity index (χ0n) is 4.91. The fourth-order valence-electron chi connectivity index (χ4n) is 0.926. The predicted molar refractivity (Wildman–Crippen MR) is 26.6 cm³/mol. The van der Waals surface area contributed by atoms with E-state index < -0.39 is 0 Å². The van der Waals surface area contributed by atoms with E-state index in [0.717, 1.165) is 12.8 Å². The second-order valence-corrected chi connectivity index (χ2v) is 1.98. The number of hydrogen-bond donors (Lipinski definition) is 0. The molecule has 1 nitrogen and oxygen atoms in total. The molecular formula is C5H10KN. The van der Waals surface area contributed by atoms with Gasteiger partial charge in [0, 0.05) is 0 Å². The first-order valence-electron chi connectivity index (χ1n) is 2.61. The van der Waals surface area contributed by atoms with Crippen molar-refractivity contribution in [3.63, 3.8) is 0 Å². The summed E-state index contributed by atoms with van der Waals surface area (Å²) in [6.45, 7) is 0. The fourth-order valence-corrected chi connectivity index (χ4v) is 0.926. The van der Waals surface area contributed by atoms with E-state index in [1.165, 1.54) is 12.8 Å². The van der Waals surface area contributed by atoms with E-state index in [4.69, 9.17) is 5.73 Å². The molecular weight excluding hydrogens is 113 g/mol. The third kappa shape index (κ3) is 3.22. The maximum atomic E-state index is 7.13. The van der Waals surface area contributed by atoms with Crippen molar-refractivity contribution in [1.29, 1.82) is 0 Å². The molecule has 7 heavy (non-hydrogen) atoms. The minimum atomic E-state index is 0. The molecule has 0 aliphatic heterocycles. The molecule has 0 unspecified atom stereocenters. The van der Waals surface area contributed by atoms with Gasteiger partial charge < -0.3 is 5.73 Å². The van der Waals surface area contributed by atoms with Crippen LogP contribution < -0.4 is 51.4 Å². The summed E-state index contributed by atoms with van der Waals surface area (Å²) in [5, 5.41) is 0. The van der Waals surface area contributed by atoms with Gasteiger partial charge >= 0.3 is 51.4 Å². The molecule has 2 heteroatoms. The van der Waals surface area contributed by atoms with Crippen LogP contribution in [0.15, 0.2) is 0 Å². The molecule has 0 aromatic heterocycles. The first-order chi connectivity index (χ1) is 2.89. The topological polar surface area (TPSA) is 23.8 Å². The minimum absolute atomic E-state index is 0. The molecule has 0 aromatic carbocycles. The van der Waals surface area contributed by atoms with Crippen LogP contribution in [0.1, 0.15) is 25.7 Å². The van der Waals surface area contributed by atoms with E-state index in [9.17, 15) is 0 Å². The van der Waals surface area contributed by atoms with E-state index in [0.29, 0.717) is 6.04 Å². The van der Waals surface area contributed by atoms with Crippen molar-refractivity contribution in [3.8, 4) is 0 Å². The normalized spacial score (nSPS) is 21.9. The summed E-state index contributed by atoms with van der Waals surface area (Å²) in [6, 6.07) is 0.296. The third-order valence-electron chi connectivity index (χ3n) is 1.36. The van der Waals surface area contributed by atoms with Crippen molar-refractivity contribution in [2.24, 2.45) is 0 Å². The summed E-state index contributed by atoms with van der Waals surface area (Å²) in [4.78, 5) is 0. The number of rotatable bonds is 0. The van der Waals surface area contributed by atoms with Gasteiger partial charge in [-0.15, -0.1) is 6.04 Å². The van der Waals surface area contributed by atoms with E-state index in [-0.39, 0.29) is 51.4 Å².